The largest absolute Gasteiger partial charge is 0.495 e. The highest BCUT2D eigenvalue weighted by molar-refractivity contribution is 9.10. The molecule has 1 aromatic heterocycles. The summed E-state index contributed by atoms with van der Waals surface area (Å²) >= 11 is 11.0. The lowest BCUT2D eigenvalue weighted by Gasteiger charge is -2.05. The second-order valence-corrected chi connectivity index (χ2v) is 4.88. The Bertz CT molecular complexity index is 466. The van der Waals surface area contributed by atoms with Gasteiger partial charge in [-0.2, -0.15) is 0 Å². The summed E-state index contributed by atoms with van der Waals surface area (Å²) in [5.74, 6) is 1.40. The molecule has 0 amide bonds. The van der Waals surface area contributed by atoms with E-state index in [1.165, 1.54) is 4.70 Å². The minimum absolute atomic E-state index is 0.521. The summed E-state index contributed by atoms with van der Waals surface area (Å²) in [7, 11) is 1.68. The van der Waals surface area contributed by atoms with Crippen molar-refractivity contribution in [3.8, 4) is 5.75 Å². The van der Waals surface area contributed by atoms with Crippen molar-refractivity contribution in [2.24, 2.45) is 0 Å². The van der Waals surface area contributed by atoms with E-state index in [1.807, 2.05) is 6.07 Å². The summed E-state index contributed by atoms with van der Waals surface area (Å²) in [6, 6.07) is 4.07. The topological polar surface area (TPSA) is 9.23 Å². The van der Waals surface area contributed by atoms with Crippen LogP contribution in [0.1, 0.15) is 5.56 Å². The fourth-order valence-corrected chi connectivity index (χ4v) is 3.19. The molecule has 0 aliphatic carbocycles. The molecule has 0 saturated carbocycles. The van der Waals surface area contributed by atoms with E-state index in [1.54, 1.807) is 18.4 Å². The van der Waals surface area contributed by atoms with Gasteiger partial charge in [0, 0.05) is 16.0 Å². The second-order valence-electron chi connectivity index (χ2n) is 2.85. The number of halogens is 2. The Morgan fingerprint density at radius 3 is 2.93 bits per heavy atom. The highest BCUT2D eigenvalue weighted by Gasteiger charge is 2.11. The fourth-order valence-electron chi connectivity index (χ4n) is 1.43. The lowest BCUT2D eigenvalue weighted by Crippen LogP contribution is -1.86. The van der Waals surface area contributed by atoms with E-state index in [0.29, 0.717) is 5.88 Å². The molecule has 0 fully saturated rings. The zero-order chi connectivity index (χ0) is 10.1. The summed E-state index contributed by atoms with van der Waals surface area (Å²) in [5, 5.41) is 3.20. The molecule has 14 heavy (non-hydrogen) atoms. The van der Waals surface area contributed by atoms with E-state index in [4.69, 9.17) is 16.3 Å². The van der Waals surface area contributed by atoms with Gasteiger partial charge in [-0.05, 0) is 39.0 Å². The number of methoxy groups -OCH3 is 1. The highest BCUT2D eigenvalue weighted by atomic mass is 79.9. The van der Waals surface area contributed by atoms with Gasteiger partial charge in [0.15, 0.2) is 0 Å². The average Bonchev–Trinajstić information content (AvgIpc) is 2.61. The first kappa shape index (κ1) is 10.3. The molecular formula is C10H8BrClOS. The number of alkyl halides is 1. The fraction of sp³-hybridized carbons (Fsp3) is 0.200. The van der Waals surface area contributed by atoms with Crippen molar-refractivity contribution in [1.29, 1.82) is 0 Å². The molecule has 2 rings (SSSR count). The van der Waals surface area contributed by atoms with Crippen LogP contribution in [0, 0.1) is 0 Å². The van der Waals surface area contributed by atoms with Crippen molar-refractivity contribution in [2.45, 2.75) is 5.88 Å². The van der Waals surface area contributed by atoms with Gasteiger partial charge < -0.3 is 4.74 Å². The first-order chi connectivity index (χ1) is 6.77. The third-order valence-electron chi connectivity index (χ3n) is 2.07. The molecule has 1 heterocycles. The molecule has 1 nitrogen and oxygen atoms in total. The monoisotopic (exact) mass is 290 g/mol. The number of hydrogen-bond acceptors (Lipinski definition) is 2. The van der Waals surface area contributed by atoms with Crippen molar-refractivity contribution >= 4 is 49.0 Å². The van der Waals surface area contributed by atoms with Crippen LogP contribution in [0.5, 0.6) is 5.75 Å². The van der Waals surface area contributed by atoms with Gasteiger partial charge in [0.25, 0.3) is 0 Å². The summed E-state index contributed by atoms with van der Waals surface area (Å²) in [5.41, 5.74) is 1.13. The summed E-state index contributed by atoms with van der Waals surface area (Å²) in [6.45, 7) is 0. The van der Waals surface area contributed by atoms with Gasteiger partial charge in [-0.3, -0.25) is 0 Å². The number of hydrogen-bond donors (Lipinski definition) is 0. The molecule has 0 spiro atoms. The van der Waals surface area contributed by atoms with Gasteiger partial charge in [-0.15, -0.1) is 22.9 Å². The number of benzene rings is 1. The molecule has 2 aromatic rings. The van der Waals surface area contributed by atoms with E-state index in [0.717, 1.165) is 21.2 Å². The molecule has 0 bridgehead atoms. The SMILES string of the molecule is COc1c(Br)ccc2scc(CCl)c12. The van der Waals surface area contributed by atoms with Crippen LogP contribution < -0.4 is 4.74 Å². The van der Waals surface area contributed by atoms with Crippen LogP contribution in [0.3, 0.4) is 0 Å². The van der Waals surface area contributed by atoms with Crippen LogP contribution in [0.4, 0.5) is 0 Å². The Morgan fingerprint density at radius 1 is 1.50 bits per heavy atom. The molecule has 1 aromatic carbocycles. The Balaban J connectivity index is 2.81. The van der Waals surface area contributed by atoms with Gasteiger partial charge in [0.05, 0.1) is 11.6 Å². The summed E-state index contributed by atoms with van der Waals surface area (Å²) in [4.78, 5) is 0. The molecule has 0 atom stereocenters. The number of ether oxygens (including phenoxy) is 1. The van der Waals surface area contributed by atoms with E-state index < -0.39 is 0 Å². The van der Waals surface area contributed by atoms with Crippen molar-refractivity contribution in [1.82, 2.24) is 0 Å². The number of thiophene rings is 1. The predicted molar refractivity (Wildman–Crippen MR) is 65.6 cm³/mol. The van der Waals surface area contributed by atoms with Gasteiger partial charge >= 0.3 is 0 Å². The standard InChI is InChI=1S/C10H8BrClOS/c1-13-10-7(11)2-3-8-9(10)6(4-12)5-14-8/h2-3,5H,4H2,1H3. The van der Waals surface area contributed by atoms with Crippen molar-refractivity contribution in [3.63, 3.8) is 0 Å². The Hall–Kier alpha value is -0.250. The molecule has 0 aliphatic heterocycles. The zero-order valence-corrected chi connectivity index (χ0v) is 10.7. The van der Waals surface area contributed by atoms with E-state index in [-0.39, 0.29) is 0 Å². The maximum absolute atomic E-state index is 5.86. The van der Waals surface area contributed by atoms with Crippen LogP contribution in [-0.2, 0) is 5.88 Å². The molecule has 0 radical (unpaired) electrons. The molecule has 0 N–H and O–H groups in total. The number of rotatable bonds is 2. The van der Waals surface area contributed by atoms with Crippen molar-refractivity contribution in [2.75, 3.05) is 7.11 Å². The number of fused-ring (bicyclic) bond motifs is 1. The zero-order valence-electron chi connectivity index (χ0n) is 7.51. The lowest BCUT2D eigenvalue weighted by atomic mass is 10.2. The molecule has 74 valence electrons. The van der Waals surface area contributed by atoms with Crippen LogP contribution in [-0.4, -0.2) is 7.11 Å². The highest BCUT2D eigenvalue weighted by Crippen LogP contribution is 2.39. The Kier molecular flexibility index (Phi) is 3.00. The first-order valence-electron chi connectivity index (χ1n) is 4.06. The molecular weight excluding hydrogens is 284 g/mol. The van der Waals surface area contributed by atoms with Gasteiger partial charge in [0.2, 0.25) is 0 Å². The van der Waals surface area contributed by atoms with Crippen LogP contribution in [0.2, 0.25) is 0 Å². The van der Waals surface area contributed by atoms with E-state index >= 15 is 0 Å². The molecule has 4 heteroatoms. The average molecular weight is 292 g/mol. The van der Waals surface area contributed by atoms with Crippen molar-refractivity contribution in [3.05, 3.63) is 27.5 Å². The van der Waals surface area contributed by atoms with Gasteiger partial charge in [0.1, 0.15) is 5.75 Å². The summed E-state index contributed by atoms with van der Waals surface area (Å²) in [6.07, 6.45) is 0. The molecule has 0 saturated heterocycles. The molecule has 0 unspecified atom stereocenters. The minimum Gasteiger partial charge on any atom is -0.495 e. The normalized spacial score (nSPS) is 10.8. The minimum atomic E-state index is 0.521. The van der Waals surface area contributed by atoms with Gasteiger partial charge in [-0.1, -0.05) is 0 Å². The van der Waals surface area contributed by atoms with Crippen LogP contribution >= 0.6 is 38.9 Å². The first-order valence-corrected chi connectivity index (χ1v) is 6.27. The maximum atomic E-state index is 5.86. The molecule has 0 aliphatic rings. The Morgan fingerprint density at radius 2 is 2.29 bits per heavy atom. The Labute approximate surface area is 99.8 Å². The smallest absolute Gasteiger partial charge is 0.142 e. The second kappa shape index (κ2) is 4.09. The van der Waals surface area contributed by atoms with Crippen molar-refractivity contribution < 1.29 is 4.74 Å². The quantitative estimate of drug-likeness (QED) is 0.745. The third-order valence-corrected chi connectivity index (χ3v) is 3.98. The van der Waals surface area contributed by atoms with E-state index in [9.17, 15) is 0 Å². The predicted octanol–water partition coefficient (Wildman–Crippen LogP) is 4.41. The third kappa shape index (κ3) is 1.53. The maximum Gasteiger partial charge on any atom is 0.142 e. The summed E-state index contributed by atoms with van der Waals surface area (Å²) < 4.78 is 7.54. The van der Waals surface area contributed by atoms with E-state index in [2.05, 4.69) is 27.4 Å². The van der Waals surface area contributed by atoms with Crippen LogP contribution in [0.25, 0.3) is 10.1 Å². The van der Waals surface area contributed by atoms with Crippen LogP contribution in [0.15, 0.2) is 22.0 Å². The lowest BCUT2D eigenvalue weighted by molar-refractivity contribution is 0.417. The van der Waals surface area contributed by atoms with Gasteiger partial charge in [-0.25, -0.2) is 0 Å².